The lowest BCUT2D eigenvalue weighted by Crippen LogP contribution is -2.25. The molecule has 1 saturated heterocycles. The van der Waals surface area contributed by atoms with Gasteiger partial charge in [-0.05, 0) is 50.1 Å². The van der Waals surface area contributed by atoms with Gasteiger partial charge < -0.3 is 0 Å². The summed E-state index contributed by atoms with van der Waals surface area (Å²) >= 11 is 1.36. The standard InChI is InChI=1S/C21H21N3O3S2/c1-14-7-8-15(2)18(11-14)19-13-28-21(22-19)23-20(25)16-5-3-6-17(12-16)24-9-4-10-29(24,26)27/h3,5-8,11-13H,4,9-10H2,1-2H3,(H,22,23,25). The molecule has 0 atom stereocenters. The van der Waals surface area contributed by atoms with Crippen LogP contribution >= 0.6 is 11.3 Å². The van der Waals surface area contributed by atoms with Crippen LogP contribution in [0.1, 0.15) is 27.9 Å². The number of carbonyl (C=O) groups excluding carboxylic acids is 1. The van der Waals surface area contributed by atoms with Crippen LogP contribution in [0, 0.1) is 13.8 Å². The molecule has 8 heteroatoms. The first-order chi connectivity index (χ1) is 13.8. The number of aryl methyl sites for hydroxylation is 2. The highest BCUT2D eigenvalue weighted by Crippen LogP contribution is 2.29. The van der Waals surface area contributed by atoms with Crippen LogP contribution in [0.15, 0.2) is 47.8 Å². The van der Waals surface area contributed by atoms with Crippen LogP contribution < -0.4 is 9.62 Å². The maximum Gasteiger partial charge on any atom is 0.257 e. The molecule has 3 aromatic rings. The Kier molecular flexibility index (Phi) is 5.14. The molecule has 0 spiro atoms. The van der Waals surface area contributed by atoms with E-state index in [-0.39, 0.29) is 11.7 Å². The van der Waals surface area contributed by atoms with Crippen molar-refractivity contribution < 1.29 is 13.2 Å². The van der Waals surface area contributed by atoms with Crippen molar-refractivity contribution in [2.24, 2.45) is 0 Å². The van der Waals surface area contributed by atoms with E-state index >= 15 is 0 Å². The number of hydrogen-bond donors (Lipinski definition) is 1. The van der Waals surface area contributed by atoms with Gasteiger partial charge in [0.2, 0.25) is 10.0 Å². The van der Waals surface area contributed by atoms with Gasteiger partial charge in [0.25, 0.3) is 5.91 Å². The lowest BCUT2D eigenvalue weighted by molar-refractivity contribution is 0.102. The van der Waals surface area contributed by atoms with Crippen molar-refractivity contribution in [2.75, 3.05) is 21.9 Å². The van der Waals surface area contributed by atoms with Crippen molar-refractivity contribution in [3.05, 3.63) is 64.5 Å². The molecule has 0 unspecified atom stereocenters. The third kappa shape index (κ3) is 4.04. The zero-order chi connectivity index (χ0) is 20.6. The Bertz CT molecular complexity index is 1190. The molecule has 0 radical (unpaired) electrons. The third-order valence-corrected chi connectivity index (χ3v) is 7.52. The molecule has 0 bridgehead atoms. The summed E-state index contributed by atoms with van der Waals surface area (Å²) in [7, 11) is -3.29. The topological polar surface area (TPSA) is 79.4 Å². The van der Waals surface area contributed by atoms with E-state index in [2.05, 4.69) is 28.5 Å². The molecule has 150 valence electrons. The van der Waals surface area contributed by atoms with E-state index in [9.17, 15) is 13.2 Å². The minimum absolute atomic E-state index is 0.143. The highest BCUT2D eigenvalue weighted by atomic mass is 32.2. The molecule has 1 aliphatic heterocycles. The Labute approximate surface area is 174 Å². The summed E-state index contributed by atoms with van der Waals surface area (Å²) in [5.41, 5.74) is 5.06. The number of nitrogens with one attached hydrogen (secondary N) is 1. The second-order valence-corrected chi connectivity index (χ2v) is 9.97. The first kappa shape index (κ1) is 19.6. The maximum absolute atomic E-state index is 12.7. The third-order valence-electron chi connectivity index (χ3n) is 4.89. The normalized spacial score (nSPS) is 15.4. The molecular formula is C21H21N3O3S2. The fourth-order valence-electron chi connectivity index (χ4n) is 3.37. The Hall–Kier alpha value is -2.71. The van der Waals surface area contributed by atoms with Crippen LogP contribution in [0.3, 0.4) is 0 Å². The quantitative estimate of drug-likeness (QED) is 0.676. The van der Waals surface area contributed by atoms with Gasteiger partial charge in [-0.2, -0.15) is 0 Å². The number of amides is 1. The fraction of sp³-hybridized carbons (Fsp3) is 0.238. The zero-order valence-corrected chi connectivity index (χ0v) is 17.8. The van der Waals surface area contributed by atoms with Gasteiger partial charge in [-0.1, -0.05) is 23.8 Å². The minimum atomic E-state index is -3.29. The maximum atomic E-state index is 12.7. The number of anilines is 2. The predicted molar refractivity (Wildman–Crippen MR) is 117 cm³/mol. The van der Waals surface area contributed by atoms with Gasteiger partial charge in [0.1, 0.15) is 0 Å². The largest absolute Gasteiger partial charge is 0.298 e. The predicted octanol–water partition coefficient (Wildman–Crippen LogP) is 4.22. The van der Waals surface area contributed by atoms with Crippen LogP contribution in [0.2, 0.25) is 0 Å². The Morgan fingerprint density at radius 2 is 2.00 bits per heavy atom. The van der Waals surface area contributed by atoms with Crippen molar-refractivity contribution in [2.45, 2.75) is 20.3 Å². The number of aromatic nitrogens is 1. The smallest absolute Gasteiger partial charge is 0.257 e. The summed E-state index contributed by atoms with van der Waals surface area (Å²) in [4.78, 5) is 17.2. The number of sulfonamides is 1. The fourth-order valence-corrected chi connectivity index (χ4v) is 5.63. The molecule has 1 fully saturated rings. The lowest BCUT2D eigenvalue weighted by atomic mass is 10.0. The van der Waals surface area contributed by atoms with Crippen LogP contribution in [0.5, 0.6) is 0 Å². The number of rotatable bonds is 4. The molecule has 0 aliphatic carbocycles. The molecule has 6 nitrogen and oxygen atoms in total. The number of carbonyl (C=O) groups is 1. The van der Waals surface area contributed by atoms with Gasteiger partial charge in [-0.15, -0.1) is 11.3 Å². The van der Waals surface area contributed by atoms with E-state index in [1.165, 1.54) is 15.6 Å². The van der Waals surface area contributed by atoms with E-state index in [4.69, 9.17) is 0 Å². The van der Waals surface area contributed by atoms with Gasteiger partial charge in [0, 0.05) is 23.1 Å². The molecule has 0 saturated carbocycles. The number of nitrogens with zero attached hydrogens (tertiary/aromatic N) is 2. The first-order valence-corrected chi connectivity index (χ1v) is 11.8. The summed E-state index contributed by atoms with van der Waals surface area (Å²) in [6.45, 7) is 4.51. The number of hydrogen-bond acceptors (Lipinski definition) is 5. The molecule has 1 amide bonds. The Balaban J connectivity index is 1.54. The van der Waals surface area contributed by atoms with E-state index in [1.807, 2.05) is 19.2 Å². The van der Waals surface area contributed by atoms with Crippen molar-refractivity contribution in [1.82, 2.24) is 4.98 Å². The molecule has 1 aliphatic rings. The van der Waals surface area contributed by atoms with Crippen molar-refractivity contribution in [1.29, 1.82) is 0 Å². The number of thiazole rings is 1. The van der Waals surface area contributed by atoms with Crippen LogP contribution in [0.25, 0.3) is 11.3 Å². The summed E-state index contributed by atoms with van der Waals surface area (Å²) < 4.78 is 25.6. The van der Waals surface area contributed by atoms with Gasteiger partial charge in [-0.25, -0.2) is 13.4 Å². The summed E-state index contributed by atoms with van der Waals surface area (Å²) in [6.07, 6.45) is 0.596. The van der Waals surface area contributed by atoms with Gasteiger partial charge in [0.15, 0.2) is 5.13 Å². The van der Waals surface area contributed by atoms with Gasteiger partial charge in [-0.3, -0.25) is 14.4 Å². The molecule has 29 heavy (non-hydrogen) atoms. The first-order valence-electron chi connectivity index (χ1n) is 9.28. The monoisotopic (exact) mass is 427 g/mol. The Morgan fingerprint density at radius 1 is 1.17 bits per heavy atom. The van der Waals surface area contributed by atoms with E-state index < -0.39 is 10.0 Å². The molecular weight excluding hydrogens is 406 g/mol. The summed E-state index contributed by atoms with van der Waals surface area (Å²) in [6, 6.07) is 12.9. The average molecular weight is 428 g/mol. The molecule has 4 rings (SSSR count). The highest BCUT2D eigenvalue weighted by Gasteiger charge is 2.28. The second-order valence-electron chi connectivity index (χ2n) is 7.10. The van der Waals surface area contributed by atoms with Crippen LogP contribution in [0.4, 0.5) is 10.8 Å². The van der Waals surface area contributed by atoms with Crippen LogP contribution in [-0.4, -0.2) is 31.6 Å². The lowest BCUT2D eigenvalue weighted by Gasteiger charge is -2.17. The summed E-state index contributed by atoms with van der Waals surface area (Å²) in [5, 5.41) is 5.25. The molecule has 2 aromatic carbocycles. The van der Waals surface area contributed by atoms with Gasteiger partial charge >= 0.3 is 0 Å². The summed E-state index contributed by atoms with van der Waals surface area (Å²) in [5.74, 6) is -0.172. The number of benzene rings is 2. The highest BCUT2D eigenvalue weighted by molar-refractivity contribution is 7.93. The van der Waals surface area contributed by atoms with Crippen LogP contribution in [-0.2, 0) is 10.0 Å². The minimum Gasteiger partial charge on any atom is -0.298 e. The Morgan fingerprint density at radius 3 is 2.76 bits per heavy atom. The molecule has 1 N–H and O–H groups in total. The van der Waals surface area contributed by atoms with Crippen molar-refractivity contribution in [3.8, 4) is 11.3 Å². The SMILES string of the molecule is Cc1ccc(C)c(-c2csc(NC(=O)c3cccc(N4CCCS4(=O)=O)c3)n2)c1. The van der Waals surface area contributed by atoms with E-state index in [1.54, 1.807) is 24.3 Å². The molecule has 2 heterocycles. The van der Waals surface area contributed by atoms with E-state index in [0.29, 0.717) is 29.3 Å². The van der Waals surface area contributed by atoms with Crippen molar-refractivity contribution in [3.63, 3.8) is 0 Å². The van der Waals surface area contributed by atoms with Crippen molar-refractivity contribution >= 4 is 38.1 Å². The zero-order valence-electron chi connectivity index (χ0n) is 16.2. The average Bonchev–Trinajstić information content (AvgIpc) is 3.29. The van der Waals surface area contributed by atoms with Gasteiger partial charge in [0.05, 0.1) is 17.1 Å². The second kappa shape index (κ2) is 7.61. The molecule has 1 aromatic heterocycles. The van der Waals surface area contributed by atoms with E-state index in [0.717, 1.165) is 22.4 Å².